The summed E-state index contributed by atoms with van der Waals surface area (Å²) in [7, 11) is 0. The molecule has 2 aromatic rings. The van der Waals surface area contributed by atoms with Crippen LogP contribution in [0, 0.1) is 6.92 Å². The number of aryl methyl sites for hydroxylation is 1. The van der Waals surface area contributed by atoms with Crippen LogP contribution in [0.15, 0.2) is 29.4 Å². The van der Waals surface area contributed by atoms with Gasteiger partial charge in [0.2, 0.25) is 0 Å². The SMILES string of the molecule is Cc1nnc(SCc2ccccc2C(F)(F)F)n1CCN. The Bertz CT molecular complexity index is 610. The molecule has 0 aliphatic heterocycles. The number of rotatable bonds is 5. The van der Waals surface area contributed by atoms with E-state index in [4.69, 9.17) is 5.73 Å². The predicted molar refractivity (Wildman–Crippen MR) is 74.8 cm³/mol. The van der Waals surface area contributed by atoms with Gasteiger partial charge in [0.1, 0.15) is 5.82 Å². The highest BCUT2D eigenvalue weighted by atomic mass is 32.2. The van der Waals surface area contributed by atoms with Gasteiger partial charge < -0.3 is 10.3 Å². The van der Waals surface area contributed by atoms with Gasteiger partial charge in [0.25, 0.3) is 0 Å². The highest BCUT2D eigenvalue weighted by molar-refractivity contribution is 7.98. The van der Waals surface area contributed by atoms with Crippen molar-refractivity contribution in [3.63, 3.8) is 0 Å². The Hall–Kier alpha value is -1.54. The molecule has 114 valence electrons. The maximum Gasteiger partial charge on any atom is 0.416 e. The lowest BCUT2D eigenvalue weighted by Gasteiger charge is -2.12. The highest BCUT2D eigenvalue weighted by Crippen LogP contribution is 2.34. The standard InChI is InChI=1S/C13H15F3N4S/c1-9-18-19-12(20(9)7-6-17)21-8-10-4-2-3-5-11(10)13(14,15)16/h2-5H,6-8,17H2,1H3. The van der Waals surface area contributed by atoms with Crippen LogP contribution in [0.25, 0.3) is 0 Å². The van der Waals surface area contributed by atoms with Crippen LogP contribution >= 0.6 is 11.8 Å². The van der Waals surface area contributed by atoms with E-state index < -0.39 is 11.7 Å². The Kier molecular flexibility index (Phi) is 4.89. The summed E-state index contributed by atoms with van der Waals surface area (Å²) in [5.74, 6) is 0.880. The zero-order valence-electron chi connectivity index (χ0n) is 11.4. The fourth-order valence-electron chi connectivity index (χ4n) is 1.92. The molecule has 1 heterocycles. The molecule has 2 rings (SSSR count). The molecule has 1 aromatic heterocycles. The Balaban J connectivity index is 2.18. The van der Waals surface area contributed by atoms with E-state index in [0.717, 1.165) is 6.07 Å². The fourth-order valence-corrected chi connectivity index (χ4v) is 2.93. The number of nitrogens with two attached hydrogens (primary N) is 1. The zero-order valence-corrected chi connectivity index (χ0v) is 12.2. The zero-order chi connectivity index (χ0) is 15.5. The molecule has 4 nitrogen and oxygen atoms in total. The van der Waals surface area contributed by atoms with Gasteiger partial charge >= 0.3 is 6.18 Å². The van der Waals surface area contributed by atoms with Crippen LogP contribution < -0.4 is 5.73 Å². The second-order valence-electron chi connectivity index (χ2n) is 4.41. The number of benzene rings is 1. The van der Waals surface area contributed by atoms with Crippen molar-refractivity contribution in [2.45, 2.75) is 30.6 Å². The third-order valence-corrected chi connectivity index (χ3v) is 3.95. The van der Waals surface area contributed by atoms with Gasteiger partial charge in [-0.3, -0.25) is 0 Å². The molecule has 0 atom stereocenters. The number of alkyl halides is 3. The van der Waals surface area contributed by atoms with Crippen LogP contribution in [0.1, 0.15) is 17.0 Å². The van der Waals surface area contributed by atoms with Gasteiger partial charge in [0, 0.05) is 18.8 Å². The van der Waals surface area contributed by atoms with Gasteiger partial charge in [-0.1, -0.05) is 30.0 Å². The van der Waals surface area contributed by atoms with Crippen molar-refractivity contribution >= 4 is 11.8 Å². The molecule has 0 spiro atoms. The van der Waals surface area contributed by atoms with Gasteiger partial charge in [-0.05, 0) is 18.6 Å². The van der Waals surface area contributed by atoms with Crippen LogP contribution in [0.4, 0.5) is 13.2 Å². The van der Waals surface area contributed by atoms with E-state index >= 15 is 0 Å². The van der Waals surface area contributed by atoms with Gasteiger partial charge in [-0.15, -0.1) is 10.2 Å². The molecule has 0 fully saturated rings. The van der Waals surface area contributed by atoms with E-state index in [1.165, 1.54) is 23.9 Å². The summed E-state index contributed by atoms with van der Waals surface area (Å²) >= 11 is 1.22. The minimum Gasteiger partial charge on any atom is -0.329 e. The smallest absolute Gasteiger partial charge is 0.329 e. The molecular formula is C13H15F3N4S. The molecule has 0 aliphatic rings. The highest BCUT2D eigenvalue weighted by Gasteiger charge is 2.32. The van der Waals surface area contributed by atoms with Gasteiger partial charge in [-0.25, -0.2) is 0 Å². The van der Waals surface area contributed by atoms with E-state index in [9.17, 15) is 13.2 Å². The maximum atomic E-state index is 12.9. The summed E-state index contributed by atoms with van der Waals surface area (Å²) in [5.41, 5.74) is 5.13. The van der Waals surface area contributed by atoms with Crippen molar-refractivity contribution in [1.82, 2.24) is 14.8 Å². The Morgan fingerprint density at radius 2 is 1.95 bits per heavy atom. The van der Waals surface area contributed by atoms with E-state index in [1.54, 1.807) is 17.6 Å². The lowest BCUT2D eigenvalue weighted by atomic mass is 10.1. The van der Waals surface area contributed by atoms with E-state index in [1.807, 2.05) is 0 Å². The van der Waals surface area contributed by atoms with Crippen LogP contribution in [-0.4, -0.2) is 21.3 Å². The van der Waals surface area contributed by atoms with Gasteiger partial charge in [-0.2, -0.15) is 13.2 Å². The molecule has 0 aliphatic carbocycles. The van der Waals surface area contributed by atoms with Crippen LogP contribution in [0.2, 0.25) is 0 Å². The molecule has 21 heavy (non-hydrogen) atoms. The number of nitrogens with zero attached hydrogens (tertiary/aromatic N) is 3. The summed E-state index contributed by atoms with van der Waals surface area (Å²) in [5, 5.41) is 8.49. The maximum absolute atomic E-state index is 12.9. The minimum atomic E-state index is -4.35. The van der Waals surface area contributed by atoms with Gasteiger partial charge in [0.15, 0.2) is 5.16 Å². The number of aromatic nitrogens is 3. The quantitative estimate of drug-likeness (QED) is 0.862. The van der Waals surface area contributed by atoms with Crippen molar-refractivity contribution < 1.29 is 13.2 Å². The second-order valence-corrected chi connectivity index (χ2v) is 5.36. The first-order chi connectivity index (χ1) is 9.93. The monoisotopic (exact) mass is 316 g/mol. The van der Waals surface area contributed by atoms with E-state index in [0.29, 0.717) is 24.1 Å². The molecule has 0 saturated carbocycles. The van der Waals surface area contributed by atoms with Crippen LogP contribution in [0.5, 0.6) is 0 Å². The average molecular weight is 316 g/mol. The molecular weight excluding hydrogens is 301 g/mol. The topological polar surface area (TPSA) is 56.7 Å². The van der Waals surface area contributed by atoms with Crippen LogP contribution in [0.3, 0.4) is 0 Å². The summed E-state index contributed by atoms with van der Waals surface area (Å²) in [6.45, 7) is 2.75. The Morgan fingerprint density at radius 1 is 1.24 bits per heavy atom. The molecule has 0 amide bonds. The largest absolute Gasteiger partial charge is 0.416 e. The predicted octanol–water partition coefficient (Wildman–Crippen LogP) is 2.86. The number of halogens is 3. The van der Waals surface area contributed by atoms with Crippen molar-refractivity contribution in [3.05, 3.63) is 41.2 Å². The first-order valence-electron chi connectivity index (χ1n) is 6.31. The number of thioether (sulfide) groups is 1. The third-order valence-electron chi connectivity index (χ3n) is 2.93. The van der Waals surface area contributed by atoms with Crippen molar-refractivity contribution in [2.24, 2.45) is 5.73 Å². The molecule has 0 saturated heterocycles. The first kappa shape index (κ1) is 15.8. The lowest BCUT2D eigenvalue weighted by molar-refractivity contribution is -0.138. The molecule has 0 radical (unpaired) electrons. The Labute approximate surface area is 124 Å². The molecule has 1 aromatic carbocycles. The normalized spacial score (nSPS) is 11.9. The van der Waals surface area contributed by atoms with E-state index in [2.05, 4.69) is 10.2 Å². The lowest BCUT2D eigenvalue weighted by Crippen LogP contribution is -2.12. The van der Waals surface area contributed by atoms with Crippen molar-refractivity contribution in [1.29, 1.82) is 0 Å². The summed E-state index contributed by atoms with van der Waals surface area (Å²) in [4.78, 5) is 0. The molecule has 0 bridgehead atoms. The van der Waals surface area contributed by atoms with Crippen molar-refractivity contribution in [3.8, 4) is 0 Å². The van der Waals surface area contributed by atoms with Gasteiger partial charge in [0.05, 0.1) is 5.56 Å². The molecule has 2 N–H and O–H groups in total. The van der Waals surface area contributed by atoms with Crippen LogP contribution in [-0.2, 0) is 18.5 Å². The third kappa shape index (κ3) is 3.76. The number of hydrogen-bond acceptors (Lipinski definition) is 4. The first-order valence-corrected chi connectivity index (χ1v) is 7.30. The molecule has 0 unspecified atom stereocenters. The van der Waals surface area contributed by atoms with Crippen molar-refractivity contribution in [2.75, 3.05) is 6.54 Å². The number of hydrogen-bond donors (Lipinski definition) is 1. The van der Waals surface area contributed by atoms with E-state index in [-0.39, 0.29) is 11.3 Å². The Morgan fingerprint density at radius 3 is 2.62 bits per heavy atom. The summed E-state index contributed by atoms with van der Waals surface area (Å²) < 4.78 is 40.6. The minimum absolute atomic E-state index is 0.179. The average Bonchev–Trinajstić information content (AvgIpc) is 2.78. The second kappa shape index (κ2) is 6.48. The molecule has 8 heteroatoms. The summed E-state index contributed by atoms with van der Waals surface area (Å²) in [6, 6.07) is 5.55. The summed E-state index contributed by atoms with van der Waals surface area (Å²) in [6.07, 6.45) is -4.35. The fraction of sp³-hybridized carbons (Fsp3) is 0.385.